The fourth-order valence-corrected chi connectivity index (χ4v) is 4.37. The summed E-state index contributed by atoms with van der Waals surface area (Å²) in [5.41, 5.74) is 1.13. The number of thioether (sulfide) groups is 1. The molecule has 0 aromatic heterocycles. The molecule has 2 saturated heterocycles. The normalized spacial score (nSPS) is 16.9. The molecule has 2 aromatic rings. The average molecular weight is 484 g/mol. The molecule has 1 N–H and O–H groups in total. The van der Waals surface area contributed by atoms with Crippen LogP contribution in [0.1, 0.15) is 18.4 Å². The first-order valence-corrected chi connectivity index (χ1v) is 11.5. The predicted octanol–water partition coefficient (Wildman–Crippen LogP) is 3.50. The zero-order chi connectivity index (χ0) is 24.1. The van der Waals surface area contributed by atoms with Crippen LogP contribution in [0.2, 0.25) is 0 Å². The molecule has 2 heterocycles. The van der Waals surface area contributed by atoms with Crippen molar-refractivity contribution < 1.29 is 28.3 Å². The van der Waals surface area contributed by atoms with Crippen molar-refractivity contribution in [1.82, 2.24) is 9.80 Å². The van der Waals surface area contributed by atoms with Crippen LogP contribution in [0.5, 0.6) is 5.75 Å². The SMILES string of the molecule is O=C(COc1ccc(C=C2SC(=O)N(CC(=O)N3CCCC3)C2=O)cc1)Nc1ccc(F)cc1. The van der Waals surface area contributed by atoms with Gasteiger partial charge in [0, 0.05) is 18.8 Å². The number of ether oxygens (including phenoxy) is 1. The molecule has 8 nitrogen and oxygen atoms in total. The summed E-state index contributed by atoms with van der Waals surface area (Å²) in [6.45, 7) is 0.843. The number of amides is 4. The standard InChI is InChI=1S/C24H22FN3O5S/c25-17-5-7-18(8-6-17)26-21(29)15-33-19-9-3-16(4-10-19)13-20-23(31)28(24(32)34-20)14-22(30)27-11-1-2-12-27/h3-10,13H,1-2,11-12,14-15H2,(H,26,29). The maximum atomic E-state index is 12.9. The van der Waals surface area contributed by atoms with E-state index in [0.29, 0.717) is 30.1 Å². The highest BCUT2D eigenvalue weighted by atomic mass is 32.2. The third kappa shape index (κ3) is 5.82. The Kier molecular flexibility index (Phi) is 7.27. The summed E-state index contributed by atoms with van der Waals surface area (Å²) < 4.78 is 18.4. The smallest absolute Gasteiger partial charge is 0.294 e. The molecule has 176 valence electrons. The third-order valence-electron chi connectivity index (χ3n) is 5.30. The van der Waals surface area contributed by atoms with Crippen LogP contribution in [0.15, 0.2) is 53.4 Å². The van der Waals surface area contributed by atoms with Gasteiger partial charge in [-0.05, 0) is 72.6 Å². The molecule has 0 radical (unpaired) electrons. The molecule has 2 aromatic carbocycles. The number of hydrogen-bond acceptors (Lipinski definition) is 6. The highest BCUT2D eigenvalue weighted by Crippen LogP contribution is 2.32. The molecular formula is C24H22FN3O5S. The number of benzene rings is 2. The maximum Gasteiger partial charge on any atom is 0.294 e. The van der Waals surface area contributed by atoms with E-state index in [2.05, 4.69) is 5.32 Å². The van der Waals surface area contributed by atoms with Crippen LogP contribution in [-0.4, -0.2) is 59.0 Å². The van der Waals surface area contributed by atoms with Crippen molar-refractivity contribution in [3.05, 3.63) is 64.8 Å². The van der Waals surface area contributed by atoms with Crippen molar-refractivity contribution in [2.45, 2.75) is 12.8 Å². The van der Waals surface area contributed by atoms with Gasteiger partial charge in [-0.3, -0.25) is 24.1 Å². The van der Waals surface area contributed by atoms with Crippen molar-refractivity contribution in [3.8, 4) is 5.75 Å². The number of anilines is 1. The molecule has 0 unspecified atom stereocenters. The molecule has 0 spiro atoms. The van der Waals surface area contributed by atoms with Crippen LogP contribution in [0.25, 0.3) is 6.08 Å². The summed E-state index contributed by atoms with van der Waals surface area (Å²) >= 11 is 0.801. The second-order valence-electron chi connectivity index (χ2n) is 7.77. The zero-order valence-electron chi connectivity index (χ0n) is 18.2. The molecule has 0 saturated carbocycles. The maximum absolute atomic E-state index is 12.9. The van der Waals surface area contributed by atoms with Crippen LogP contribution < -0.4 is 10.1 Å². The highest BCUT2D eigenvalue weighted by Gasteiger charge is 2.37. The Balaban J connectivity index is 1.30. The quantitative estimate of drug-likeness (QED) is 0.606. The number of nitrogens with one attached hydrogen (secondary N) is 1. The van der Waals surface area contributed by atoms with E-state index in [1.807, 2.05) is 0 Å². The summed E-state index contributed by atoms with van der Waals surface area (Å²) in [5.74, 6) is -1.05. The number of imide groups is 1. The number of nitrogens with zero attached hydrogens (tertiary/aromatic N) is 2. The van der Waals surface area contributed by atoms with Gasteiger partial charge in [-0.1, -0.05) is 12.1 Å². The number of carbonyl (C=O) groups is 4. The Morgan fingerprint density at radius 3 is 2.38 bits per heavy atom. The van der Waals surface area contributed by atoms with Gasteiger partial charge >= 0.3 is 0 Å². The number of hydrogen-bond donors (Lipinski definition) is 1. The average Bonchev–Trinajstić information content (AvgIpc) is 3.45. The van der Waals surface area contributed by atoms with Gasteiger partial charge in [0.25, 0.3) is 17.1 Å². The van der Waals surface area contributed by atoms with Gasteiger partial charge < -0.3 is 15.0 Å². The van der Waals surface area contributed by atoms with E-state index in [1.165, 1.54) is 24.3 Å². The minimum Gasteiger partial charge on any atom is -0.484 e. The number of rotatable bonds is 7. The number of carbonyl (C=O) groups excluding carboxylic acids is 4. The molecule has 0 aliphatic carbocycles. The Hall–Kier alpha value is -3.66. The molecule has 2 aliphatic rings. The Bertz CT molecular complexity index is 1130. The van der Waals surface area contributed by atoms with Gasteiger partial charge in [0.15, 0.2) is 6.61 Å². The van der Waals surface area contributed by atoms with E-state index in [0.717, 1.165) is 29.5 Å². The van der Waals surface area contributed by atoms with Gasteiger partial charge in [0.05, 0.1) is 4.91 Å². The van der Waals surface area contributed by atoms with Gasteiger partial charge in [-0.15, -0.1) is 0 Å². The van der Waals surface area contributed by atoms with Gasteiger partial charge in [-0.25, -0.2) is 4.39 Å². The molecule has 0 atom stereocenters. The van der Waals surface area contributed by atoms with E-state index in [1.54, 1.807) is 35.2 Å². The van der Waals surface area contributed by atoms with E-state index < -0.39 is 22.9 Å². The minimum absolute atomic E-state index is 0.217. The summed E-state index contributed by atoms with van der Waals surface area (Å²) in [4.78, 5) is 52.1. The molecule has 34 heavy (non-hydrogen) atoms. The Labute approximate surface area is 199 Å². The van der Waals surface area contributed by atoms with Gasteiger partial charge in [0.1, 0.15) is 18.1 Å². The minimum atomic E-state index is -0.486. The van der Waals surface area contributed by atoms with Crippen molar-refractivity contribution in [1.29, 1.82) is 0 Å². The fourth-order valence-electron chi connectivity index (χ4n) is 3.53. The summed E-state index contributed by atoms with van der Waals surface area (Å²) in [6.07, 6.45) is 3.45. The van der Waals surface area contributed by atoms with Gasteiger partial charge in [0.2, 0.25) is 5.91 Å². The first-order chi connectivity index (χ1) is 16.4. The van der Waals surface area contributed by atoms with E-state index >= 15 is 0 Å². The van der Waals surface area contributed by atoms with Crippen molar-refractivity contribution >= 4 is 46.5 Å². The van der Waals surface area contributed by atoms with Gasteiger partial charge in [-0.2, -0.15) is 0 Å². The van der Waals surface area contributed by atoms with Crippen LogP contribution >= 0.6 is 11.8 Å². The second kappa shape index (κ2) is 10.5. The Morgan fingerprint density at radius 1 is 1.03 bits per heavy atom. The molecule has 0 bridgehead atoms. The molecule has 4 amide bonds. The first kappa shape index (κ1) is 23.5. The topological polar surface area (TPSA) is 96.0 Å². The third-order valence-corrected chi connectivity index (χ3v) is 6.21. The lowest BCUT2D eigenvalue weighted by Gasteiger charge is -2.18. The van der Waals surface area contributed by atoms with Crippen LogP contribution in [0.4, 0.5) is 14.9 Å². The summed E-state index contributed by atoms with van der Waals surface area (Å²) in [6, 6.07) is 12.0. The molecule has 2 aliphatic heterocycles. The lowest BCUT2D eigenvalue weighted by Crippen LogP contribution is -2.40. The lowest BCUT2D eigenvalue weighted by molar-refractivity contribution is -0.135. The summed E-state index contributed by atoms with van der Waals surface area (Å²) in [7, 11) is 0. The van der Waals surface area contributed by atoms with Crippen molar-refractivity contribution in [3.63, 3.8) is 0 Å². The molecular weight excluding hydrogens is 461 g/mol. The monoisotopic (exact) mass is 483 g/mol. The zero-order valence-corrected chi connectivity index (χ0v) is 19.0. The van der Waals surface area contributed by atoms with Crippen molar-refractivity contribution in [2.24, 2.45) is 0 Å². The predicted molar refractivity (Wildman–Crippen MR) is 125 cm³/mol. The lowest BCUT2D eigenvalue weighted by atomic mass is 10.2. The first-order valence-electron chi connectivity index (χ1n) is 10.7. The number of likely N-dealkylation sites (tertiary alicyclic amines) is 1. The van der Waals surface area contributed by atoms with Crippen LogP contribution in [0.3, 0.4) is 0 Å². The molecule has 10 heteroatoms. The fraction of sp³-hybridized carbons (Fsp3) is 0.250. The second-order valence-corrected chi connectivity index (χ2v) is 8.76. The van der Waals surface area contributed by atoms with Crippen LogP contribution in [0, 0.1) is 5.82 Å². The number of halogens is 1. The Morgan fingerprint density at radius 2 is 1.71 bits per heavy atom. The van der Waals surface area contributed by atoms with E-state index in [9.17, 15) is 23.6 Å². The molecule has 2 fully saturated rings. The largest absolute Gasteiger partial charge is 0.484 e. The summed E-state index contributed by atoms with van der Waals surface area (Å²) in [5, 5.41) is 2.14. The highest BCUT2D eigenvalue weighted by molar-refractivity contribution is 8.18. The molecule has 4 rings (SSSR count). The van der Waals surface area contributed by atoms with Crippen molar-refractivity contribution in [2.75, 3.05) is 31.6 Å². The van der Waals surface area contributed by atoms with E-state index in [-0.39, 0.29) is 24.0 Å². The van der Waals surface area contributed by atoms with Crippen LogP contribution in [-0.2, 0) is 14.4 Å². The van der Waals surface area contributed by atoms with E-state index in [4.69, 9.17) is 4.74 Å².